The van der Waals surface area contributed by atoms with Crippen molar-refractivity contribution in [3.8, 4) is 0 Å². The van der Waals surface area contributed by atoms with E-state index in [0.717, 1.165) is 41.8 Å². The van der Waals surface area contributed by atoms with Crippen LogP contribution in [0.2, 0.25) is 5.02 Å². The van der Waals surface area contributed by atoms with Crippen LogP contribution in [0.5, 0.6) is 0 Å². The van der Waals surface area contributed by atoms with Gasteiger partial charge in [-0.15, -0.1) is 0 Å². The summed E-state index contributed by atoms with van der Waals surface area (Å²) >= 11 is 5.97. The highest BCUT2D eigenvalue weighted by molar-refractivity contribution is 7.92. The van der Waals surface area contributed by atoms with Gasteiger partial charge in [0.25, 0.3) is 10.1 Å². The fraction of sp³-hybridized carbons (Fsp3) is 0.333. The van der Waals surface area contributed by atoms with E-state index in [2.05, 4.69) is 4.72 Å². The summed E-state index contributed by atoms with van der Waals surface area (Å²) in [5.74, 6) is 0. The van der Waals surface area contributed by atoms with E-state index >= 15 is 0 Å². The predicted octanol–water partition coefficient (Wildman–Crippen LogP) is 4.21. The first-order valence-electron chi connectivity index (χ1n) is 9.68. The highest BCUT2D eigenvalue weighted by Gasteiger charge is 2.17. The van der Waals surface area contributed by atoms with Gasteiger partial charge in [-0.05, 0) is 55.2 Å². The van der Waals surface area contributed by atoms with Crippen molar-refractivity contribution in [3.05, 3.63) is 65.3 Å². The molecular weight excluding hydrogens is 460 g/mol. The minimum atomic E-state index is -3.53. The summed E-state index contributed by atoms with van der Waals surface area (Å²) in [5.41, 5.74) is 2.48. The quantitative estimate of drug-likeness (QED) is 0.435. The van der Waals surface area contributed by atoms with Gasteiger partial charge in [0.2, 0.25) is 10.0 Å². The number of benzene rings is 2. The van der Waals surface area contributed by atoms with Gasteiger partial charge in [-0.1, -0.05) is 29.8 Å². The highest BCUT2D eigenvalue weighted by atomic mass is 35.5. The van der Waals surface area contributed by atoms with Gasteiger partial charge in [-0.3, -0.25) is 8.91 Å². The van der Waals surface area contributed by atoms with Crippen LogP contribution in [0.3, 0.4) is 0 Å². The average Bonchev–Trinajstić information content (AvgIpc) is 3.09. The van der Waals surface area contributed by atoms with E-state index in [4.69, 9.17) is 15.8 Å². The number of halogens is 1. The Morgan fingerprint density at radius 1 is 1.00 bits per heavy atom. The van der Waals surface area contributed by atoms with Crippen molar-refractivity contribution in [3.63, 3.8) is 0 Å². The van der Waals surface area contributed by atoms with Gasteiger partial charge in [0.15, 0.2) is 0 Å². The molecule has 1 atom stereocenters. The van der Waals surface area contributed by atoms with Crippen molar-refractivity contribution in [2.24, 2.45) is 0 Å². The maximum Gasteiger partial charge on any atom is 0.264 e. The lowest BCUT2D eigenvalue weighted by Crippen LogP contribution is -2.14. The molecule has 0 bridgehead atoms. The fourth-order valence-corrected chi connectivity index (χ4v) is 4.64. The molecule has 3 aromatic rings. The van der Waals surface area contributed by atoms with Gasteiger partial charge >= 0.3 is 0 Å². The van der Waals surface area contributed by atoms with E-state index in [0.29, 0.717) is 17.1 Å². The monoisotopic (exact) mass is 484 g/mol. The van der Waals surface area contributed by atoms with Crippen LogP contribution in [0.1, 0.15) is 24.4 Å². The Balaban J connectivity index is 1.89. The Morgan fingerprint density at radius 3 is 2.35 bits per heavy atom. The largest absolute Gasteiger partial charge is 0.344 e. The Morgan fingerprint density at radius 2 is 1.71 bits per heavy atom. The molecule has 1 unspecified atom stereocenters. The molecule has 0 radical (unpaired) electrons. The lowest BCUT2D eigenvalue weighted by Gasteiger charge is -2.21. The van der Waals surface area contributed by atoms with Gasteiger partial charge < -0.3 is 4.57 Å². The van der Waals surface area contributed by atoms with Crippen LogP contribution >= 0.6 is 11.6 Å². The number of nitrogens with one attached hydrogen (secondary N) is 1. The molecule has 0 aliphatic heterocycles. The van der Waals surface area contributed by atoms with Crippen LogP contribution in [-0.2, 0) is 30.7 Å². The smallest absolute Gasteiger partial charge is 0.264 e. The molecular formula is C21H25ClN2O5S2. The van der Waals surface area contributed by atoms with Crippen molar-refractivity contribution < 1.29 is 21.0 Å². The molecule has 0 aliphatic rings. The summed E-state index contributed by atoms with van der Waals surface area (Å²) in [6, 6.07) is 14.8. The topological polar surface area (TPSA) is 94.5 Å². The first-order chi connectivity index (χ1) is 14.5. The molecule has 7 nitrogen and oxygen atoms in total. The molecule has 1 N–H and O–H groups in total. The third-order valence-electron chi connectivity index (χ3n) is 4.88. The van der Waals surface area contributed by atoms with Crippen LogP contribution < -0.4 is 4.72 Å². The number of hydrogen-bond donors (Lipinski definition) is 1. The average molecular weight is 485 g/mol. The molecule has 0 aliphatic carbocycles. The van der Waals surface area contributed by atoms with Crippen molar-refractivity contribution in [1.82, 2.24) is 4.57 Å². The van der Waals surface area contributed by atoms with Gasteiger partial charge in [-0.25, -0.2) is 8.42 Å². The molecule has 2 aromatic carbocycles. The van der Waals surface area contributed by atoms with E-state index in [1.807, 2.05) is 47.2 Å². The van der Waals surface area contributed by atoms with E-state index in [1.165, 1.54) is 0 Å². The molecule has 168 valence electrons. The number of anilines is 1. The predicted molar refractivity (Wildman–Crippen MR) is 125 cm³/mol. The second kappa shape index (κ2) is 9.60. The Labute approximate surface area is 188 Å². The zero-order valence-electron chi connectivity index (χ0n) is 17.3. The van der Waals surface area contributed by atoms with Gasteiger partial charge in [-0.2, -0.15) is 8.42 Å². The molecule has 3 rings (SSSR count). The van der Waals surface area contributed by atoms with E-state index in [-0.39, 0.29) is 12.6 Å². The minimum absolute atomic E-state index is 0.0524. The third-order valence-corrected chi connectivity index (χ3v) is 6.32. The van der Waals surface area contributed by atoms with Crippen LogP contribution in [0.25, 0.3) is 10.9 Å². The SMILES string of the molecule is CS(=O)(=O)Nc1cccc2c1ccn2C(CCOS(C)(=O)=O)CCc1ccc(Cl)cc1. The number of sulfonamides is 1. The lowest BCUT2D eigenvalue weighted by atomic mass is 10.0. The Kier molecular flexibility index (Phi) is 7.31. The standard InChI is InChI=1S/C21H25ClN2O5S2/c1-30(25,26)23-20-4-3-5-21-19(20)12-14-24(21)18(13-15-29-31(2,27)28)11-8-16-6-9-17(22)10-7-16/h3-7,9-10,12,14,18,23H,8,11,13,15H2,1-2H3. The second-order valence-electron chi connectivity index (χ2n) is 7.47. The molecule has 31 heavy (non-hydrogen) atoms. The van der Waals surface area contributed by atoms with Crippen LogP contribution in [0, 0.1) is 0 Å². The van der Waals surface area contributed by atoms with Gasteiger partial charge in [0.1, 0.15) is 0 Å². The molecule has 0 saturated carbocycles. The normalized spacial score (nSPS) is 13.4. The Bertz CT molecular complexity index is 1250. The maximum absolute atomic E-state index is 11.7. The van der Waals surface area contributed by atoms with Crippen molar-refractivity contribution in [1.29, 1.82) is 0 Å². The molecule has 0 fully saturated rings. The third kappa shape index (κ3) is 6.96. The summed E-state index contributed by atoms with van der Waals surface area (Å²) in [4.78, 5) is 0. The number of aryl methyl sites for hydroxylation is 1. The zero-order chi connectivity index (χ0) is 22.6. The summed E-state index contributed by atoms with van der Waals surface area (Å²) in [6.07, 6.45) is 6.02. The summed E-state index contributed by atoms with van der Waals surface area (Å²) in [5, 5.41) is 1.44. The van der Waals surface area contributed by atoms with Crippen molar-refractivity contribution in [2.45, 2.75) is 25.3 Å². The maximum atomic E-state index is 11.7. The van der Waals surface area contributed by atoms with E-state index in [1.54, 1.807) is 12.1 Å². The second-order valence-corrected chi connectivity index (χ2v) is 11.3. The number of nitrogens with zero attached hydrogens (tertiary/aromatic N) is 1. The molecule has 10 heteroatoms. The molecule has 1 heterocycles. The lowest BCUT2D eigenvalue weighted by molar-refractivity contribution is 0.280. The first-order valence-corrected chi connectivity index (χ1v) is 13.8. The van der Waals surface area contributed by atoms with E-state index in [9.17, 15) is 16.8 Å². The number of hydrogen-bond acceptors (Lipinski definition) is 5. The highest BCUT2D eigenvalue weighted by Crippen LogP contribution is 2.30. The van der Waals surface area contributed by atoms with Crippen LogP contribution in [-0.4, -0.2) is 40.5 Å². The number of rotatable bonds is 10. The van der Waals surface area contributed by atoms with Crippen LogP contribution in [0.15, 0.2) is 54.7 Å². The summed E-state index contributed by atoms with van der Waals surface area (Å²) in [7, 11) is -6.95. The molecule has 0 saturated heterocycles. The molecule has 0 spiro atoms. The number of fused-ring (bicyclic) bond motifs is 1. The summed E-state index contributed by atoms with van der Waals surface area (Å²) < 4.78 is 55.8. The zero-order valence-corrected chi connectivity index (χ0v) is 19.7. The van der Waals surface area contributed by atoms with Gasteiger partial charge in [0.05, 0.1) is 30.3 Å². The summed E-state index contributed by atoms with van der Waals surface area (Å²) in [6.45, 7) is 0.0606. The fourth-order valence-electron chi connectivity index (χ4n) is 3.54. The van der Waals surface area contributed by atoms with Crippen molar-refractivity contribution in [2.75, 3.05) is 23.8 Å². The Hall–Kier alpha value is -2.07. The van der Waals surface area contributed by atoms with E-state index < -0.39 is 20.1 Å². The van der Waals surface area contributed by atoms with Crippen molar-refractivity contribution >= 4 is 48.3 Å². The first kappa shape index (κ1) is 23.6. The number of aromatic nitrogens is 1. The van der Waals surface area contributed by atoms with Crippen LogP contribution in [0.4, 0.5) is 5.69 Å². The minimum Gasteiger partial charge on any atom is -0.344 e. The van der Waals surface area contributed by atoms with Gasteiger partial charge in [0, 0.05) is 22.6 Å². The molecule has 1 aromatic heterocycles. The molecule has 0 amide bonds.